The summed E-state index contributed by atoms with van der Waals surface area (Å²) in [4.78, 5) is 7.36. The number of hydrogen-bond donors (Lipinski definition) is 2. The molecule has 1 fully saturated rings. The Balaban J connectivity index is 1.69. The van der Waals surface area contributed by atoms with E-state index in [1.165, 1.54) is 36.1 Å². The molecule has 19 heavy (non-hydrogen) atoms. The van der Waals surface area contributed by atoms with E-state index < -0.39 is 0 Å². The van der Waals surface area contributed by atoms with Crippen LogP contribution in [-0.4, -0.2) is 37.0 Å². The molecule has 1 atom stereocenters. The summed E-state index contributed by atoms with van der Waals surface area (Å²) >= 11 is 0. The van der Waals surface area contributed by atoms with Crippen molar-refractivity contribution in [3.63, 3.8) is 0 Å². The van der Waals surface area contributed by atoms with Gasteiger partial charge in [0.05, 0.1) is 6.04 Å². The lowest BCUT2D eigenvalue weighted by Gasteiger charge is -2.36. The molecule has 1 aromatic carbocycles. The maximum absolute atomic E-state index is 4.98. The van der Waals surface area contributed by atoms with Crippen LogP contribution in [-0.2, 0) is 6.42 Å². The molecular weight excluding hydrogens is 236 g/mol. The molecular formula is C15H20N4. The summed E-state index contributed by atoms with van der Waals surface area (Å²) in [6.07, 6.45) is 3.67. The predicted octanol–water partition coefficient (Wildman–Crippen LogP) is 1.75. The predicted molar refractivity (Wildman–Crippen MR) is 77.6 cm³/mol. The molecule has 0 spiro atoms. The van der Waals surface area contributed by atoms with Gasteiger partial charge in [-0.05, 0) is 30.9 Å². The minimum atomic E-state index is 0.381. The van der Waals surface area contributed by atoms with Crippen molar-refractivity contribution in [3.05, 3.63) is 29.3 Å². The van der Waals surface area contributed by atoms with Crippen molar-refractivity contribution >= 4 is 11.6 Å². The first-order valence-electron chi connectivity index (χ1n) is 7.34. The van der Waals surface area contributed by atoms with E-state index in [1.54, 1.807) is 0 Å². The third-order valence-corrected chi connectivity index (χ3v) is 4.39. The molecule has 2 aliphatic heterocycles. The Kier molecular flexibility index (Phi) is 2.69. The average Bonchev–Trinajstić information content (AvgIpc) is 2.49. The maximum atomic E-state index is 4.98. The van der Waals surface area contributed by atoms with Crippen LogP contribution in [0, 0.1) is 0 Å². The van der Waals surface area contributed by atoms with Crippen LogP contribution < -0.4 is 10.6 Å². The summed E-state index contributed by atoms with van der Waals surface area (Å²) in [6, 6.07) is 7.02. The molecule has 4 heteroatoms. The van der Waals surface area contributed by atoms with E-state index in [2.05, 4.69) is 33.7 Å². The van der Waals surface area contributed by atoms with Gasteiger partial charge in [0.1, 0.15) is 0 Å². The Morgan fingerprint density at radius 1 is 1.21 bits per heavy atom. The van der Waals surface area contributed by atoms with E-state index in [1.807, 2.05) is 0 Å². The lowest BCUT2D eigenvalue weighted by molar-refractivity contribution is 0.352. The number of rotatable bonds is 0. The standard InChI is InChI=1S/C15H20N4/c1-3-11-4-2-6-13-14(11)12(5-1)17-15(18-13)19-9-7-16-8-10-19/h1,3,5,13,16H,2,4,6-10H2,(H,17,18). The molecule has 0 aromatic heterocycles. The Morgan fingerprint density at radius 2 is 2.11 bits per heavy atom. The van der Waals surface area contributed by atoms with Crippen LogP contribution in [0.3, 0.4) is 0 Å². The maximum Gasteiger partial charge on any atom is 0.199 e. The Hall–Kier alpha value is -1.55. The van der Waals surface area contributed by atoms with Crippen molar-refractivity contribution in [2.75, 3.05) is 31.5 Å². The zero-order chi connectivity index (χ0) is 12.7. The van der Waals surface area contributed by atoms with Crippen molar-refractivity contribution in [1.82, 2.24) is 10.2 Å². The first-order valence-corrected chi connectivity index (χ1v) is 7.34. The Bertz CT molecular complexity index is 517. The molecule has 0 amide bonds. The normalized spacial score (nSPS) is 25.4. The van der Waals surface area contributed by atoms with Crippen molar-refractivity contribution in [1.29, 1.82) is 0 Å². The number of nitrogens with zero attached hydrogens (tertiary/aromatic N) is 2. The molecule has 0 radical (unpaired) electrons. The van der Waals surface area contributed by atoms with Crippen LogP contribution in [0.2, 0.25) is 0 Å². The summed E-state index contributed by atoms with van der Waals surface area (Å²) in [5.74, 6) is 1.08. The summed E-state index contributed by atoms with van der Waals surface area (Å²) in [5.41, 5.74) is 4.22. The van der Waals surface area contributed by atoms with Crippen LogP contribution >= 0.6 is 0 Å². The molecule has 0 saturated carbocycles. The Morgan fingerprint density at radius 3 is 3.00 bits per heavy atom. The number of aliphatic imine (C=N–C) groups is 1. The van der Waals surface area contributed by atoms with Gasteiger partial charge in [0.2, 0.25) is 0 Å². The number of piperazine rings is 1. The fourth-order valence-corrected chi connectivity index (χ4v) is 3.43. The van der Waals surface area contributed by atoms with Gasteiger partial charge in [0.25, 0.3) is 0 Å². The quantitative estimate of drug-likeness (QED) is 0.743. The number of guanidine groups is 1. The molecule has 100 valence electrons. The SMILES string of the molecule is c1cc2c3c(c1)NC(N1CCNCC1)=NC3CCC2. The second-order valence-corrected chi connectivity index (χ2v) is 5.60. The lowest BCUT2D eigenvalue weighted by atomic mass is 9.86. The average molecular weight is 256 g/mol. The smallest absolute Gasteiger partial charge is 0.199 e. The Labute approximate surface area is 113 Å². The van der Waals surface area contributed by atoms with Crippen LogP contribution in [0.15, 0.2) is 23.2 Å². The van der Waals surface area contributed by atoms with E-state index in [4.69, 9.17) is 4.99 Å². The molecule has 1 aromatic rings. The van der Waals surface area contributed by atoms with Gasteiger partial charge in [0.15, 0.2) is 5.96 Å². The van der Waals surface area contributed by atoms with E-state index in [0.717, 1.165) is 32.1 Å². The molecule has 0 bridgehead atoms. The van der Waals surface area contributed by atoms with Gasteiger partial charge >= 0.3 is 0 Å². The summed E-state index contributed by atoms with van der Waals surface area (Å²) in [7, 11) is 0. The zero-order valence-corrected chi connectivity index (χ0v) is 11.2. The minimum absolute atomic E-state index is 0.381. The highest BCUT2D eigenvalue weighted by molar-refractivity contribution is 5.96. The molecule has 1 saturated heterocycles. The monoisotopic (exact) mass is 256 g/mol. The van der Waals surface area contributed by atoms with E-state index in [0.29, 0.717) is 6.04 Å². The second-order valence-electron chi connectivity index (χ2n) is 5.60. The van der Waals surface area contributed by atoms with Crippen LogP contribution in [0.25, 0.3) is 0 Å². The first-order chi connectivity index (χ1) is 9.42. The van der Waals surface area contributed by atoms with Crippen molar-refractivity contribution in [2.24, 2.45) is 4.99 Å². The highest BCUT2D eigenvalue weighted by Crippen LogP contribution is 2.40. The lowest BCUT2D eigenvalue weighted by Crippen LogP contribution is -2.49. The molecule has 1 unspecified atom stereocenters. The number of hydrogen-bond acceptors (Lipinski definition) is 4. The van der Waals surface area contributed by atoms with Crippen LogP contribution in [0.4, 0.5) is 5.69 Å². The van der Waals surface area contributed by atoms with Gasteiger partial charge in [-0.2, -0.15) is 0 Å². The first kappa shape index (κ1) is 11.3. The number of aryl methyl sites for hydroxylation is 1. The highest BCUT2D eigenvalue weighted by atomic mass is 15.3. The minimum Gasteiger partial charge on any atom is -0.340 e. The van der Waals surface area contributed by atoms with E-state index >= 15 is 0 Å². The number of nitrogens with one attached hydrogen (secondary N) is 2. The molecule has 2 N–H and O–H groups in total. The largest absolute Gasteiger partial charge is 0.340 e. The van der Waals surface area contributed by atoms with Gasteiger partial charge in [-0.1, -0.05) is 12.1 Å². The summed E-state index contributed by atoms with van der Waals surface area (Å²) < 4.78 is 0. The molecule has 4 rings (SSSR count). The zero-order valence-electron chi connectivity index (χ0n) is 11.2. The molecule has 4 nitrogen and oxygen atoms in total. The van der Waals surface area contributed by atoms with Gasteiger partial charge in [-0.25, -0.2) is 4.99 Å². The van der Waals surface area contributed by atoms with E-state index in [9.17, 15) is 0 Å². The molecule has 3 aliphatic rings. The van der Waals surface area contributed by atoms with Gasteiger partial charge in [0, 0.05) is 37.4 Å². The molecule has 1 aliphatic carbocycles. The highest BCUT2D eigenvalue weighted by Gasteiger charge is 2.29. The fourth-order valence-electron chi connectivity index (χ4n) is 3.43. The van der Waals surface area contributed by atoms with Crippen molar-refractivity contribution in [2.45, 2.75) is 25.3 Å². The number of anilines is 1. The number of benzene rings is 1. The van der Waals surface area contributed by atoms with E-state index in [-0.39, 0.29) is 0 Å². The van der Waals surface area contributed by atoms with Gasteiger partial charge in [-0.3, -0.25) is 0 Å². The van der Waals surface area contributed by atoms with Gasteiger partial charge in [-0.15, -0.1) is 0 Å². The third-order valence-electron chi connectivity index (χ3n) is 4.39. The topological polar surface area (TPSA) is 39.7 Å². The summed E-state index contributed by atoms with van der Waals surface area (Å²) in [6.45, 7) is 4.21. The molecule has 2 heterocycles. The van der Waals surface area contributed by atoms with Crippen LogP contribution in [0.1, 0.15) is 30.0 Å². The van der Waals surface area contributed by atoms with Crippen molar-refractivity contribution < 1.29 is 0 Å². The van der Waals surface area contributed by atoms with Crippen molar-refractivity contribution in [3.8, 4) is 0 Å². The van der Waals surface area contributed by atoms with Crippen LogP contribution in [0.5, 0.6) is 0 Å². The van der Waals surface area contributed by atoms with Gasteiger partial charge < -0.3 is 15.5 Å². The third kappa shape index (κ3) is 1.91. The summed E-state index contributed by atoms with van der Waals surface area (Å²) in [5, 5.41) is 6.95. The fraction of sp³-hybridized carbons (Fsp3) is 0.533. The second kappa shape index (κ2) is 4.53.